The average Bonchev–Trinajstić information content (AvgIpc) is 3.18. The van der Waals surface area contributed by atoms with Crippen LogP contribution in [-0.2, 0) is 4.74 Å². The van der Waals surface area contributed by atoms with Gasteiger partial charge in [-0.25, -0.2) is 0 Å². The largest absolute Gasteiger partial charge is 0.376 e. The van der Waals surface area contributed by atoms with E-state index in [4.69, 9.17) is 4.74 Å². The second-order valence-electron chi connectivity index (χ2n) is 11.9. The van der Waals surface area contributed by atoms with E-state index in [9.17, 15) is 0 Å². The molecule has 0 aromatic carbocycles. The molecular formula is C34H78N2O. The van der Waals surface area contributed by atoms with Gasteiger partial charge in [-0.2, -0.15) is 0 Å². The van der Waals surface area contributed by atoms with Crippen molar-refractivity contribution < 1.29 is 4.74 Å². The predicted octanol–water partition coefficient (Wildman–Crippen LogP) is 11.0. The van der Waals surface area contributed by atoms with Crippen LogP contribution in [0.25, 0.3) is 0 Å². The number of nitrogens with one attached hydrogen (secondary N) is 2. The van der Waals surface area contributed by atoms with E-state index in [1.807, 2.05) is 0 Å². The third kappa shape index (κ3) is 27.2. The van der Waals surface area contributed by atoms with Gasteiger partial charge in [-0.1, -0.05) is 128 Å². The smallest absolute Gasteiger partial charge is 0.0578 e. The Hall–Kier alpha value is -0.120. The Bertz CT molecular complexity index is 376. The van der Waals surface area contributed by atoms with Crippen LogP contribution in [0.1, 0.15) is 180 Å². The Morgan fingerprint density at radius 2 is 0.946 bits per heavy atom. The van der Waals surface area contributed by atoms with E-state index in [1.165, 1.54) is 116 Å². The number of rotatable bonds is 7. The quantitative estimate of drug-likeness (QED) is 0.321. The van der Waals surface area contributed by atoms with Crippen LogP contribution in [0.15, 0.2) is 0 Å². The summed E-state index contributed by atoms with van der Waals surface area (Å²) in [4.78, 5) is 0. The van der Waals surface area contributed by atoms with Gasteiger partial charge in [0, 0.05) is 18.1 Å². The Labute approximate surface area is 238 Å². The summed E-state index contributed by atoms with van der Waals surface area (Å²) in [5, 5.41) is 7.14. The van der Waals surface area contributed by atoms with E-state index in [0.29, 0.717) is 24.3 Å². The first-order chi connectivity index (χ1) is 15.9. The summed E-state index contributed by atoms with van der Waals surface area (Å²) in [6.07, 6.45) is 25.0. The molecule has 3 aliphatic carbocycles. The molecule has 230 valence electrons. The van der Waals surface area contributed by atoms with E-state index in [0.717, 1.165) is 12.0 Å². The van der Waals surface area contributed by atoms with Gasteiger partial charge in [0.05, 0.1) is 12.2 Å². The van der Waals surface area contributed by atoms with Gasteiger partial charge in [0.2, 0.25) is 0 Å². The summed E-state index contributed by atoms with van der Waals surface area (Å²) in [6.45, 7) is 14.4. The summed E-state index contributed by atoms with van der Waals surface area (Å²) in [5.74, 6) is 0.978. The molecule has 0 atom stereocenters. The van der Waals surface area contributed by atoms with Gasteiger partial charge < -0.3 is 15.4 Å². The van der Waals surface area contributed by atoms with Crippen molar-refractivity contribution in [3.8, 4) is 0 Å². The Kier molecular flexibility index (Phi) is 34.3. The normalized spacial score (nSPS) is 19.4. The molecule has 0 saturated heterocycles. The van der Waals surface area contributed by atoms with Crippen molar-refractivity contribution >= 4 is 0 Å². The van der Waals surface area contributed by atoms with Crippen molar-refractivity contribution in [3.05, 3.63) is 0 Å². The van der Waals surface area contributed by atoms with Gasteiger partial charge in [0.15, 0.2) is 0 Å². The first-order valence-electron chi connectivity index (χ1n) is 15.0. The van der Waals surface area contributed by atoms with E-state index in [-0.39, 0.29) is 29.7 Å². The predicted molar refractivity (Wildman–Crippen MR) is 174 cm³/mol. The van der Waals surface area contributed by atoms with Gasteiger partial charge in [0.25, 0.3) is 0 Å². The van der Waals surface area contributed by atoms with Crippen LogP contribution >= 0.6 is 0 Å². The van der Waals surface area contributed by atoms with E-state index < -0.39 is 0 Å². The third-order valence-corrected chi connectivity index (χ3v) is 7.23. The lowest BCUT2D eigenvalue weighted by Crippen LogP contribution is -2.34. The molecule has 3 fully saturated rings. The van der Waals surface area contributed by atoms with Gasteiger partial charge in [-0.05, 0) is 64.8 Å². The van der Waals surface area contributed by atoms with Crippen molar-refractivity contribution in [2.45, 2.75) is 211 Å². The molecule has 2 N–H and O–H groups in total. The van der Waals surface area contributed by atoms with Crippen LogP contribution in [0.3, 0.4) is 0 Å². The molecule has 3 heteroatoms. The highest BCUT2D eigenvalue weighted by Crippen LogP contribution is 2.23. The minimum absolute atomic E-state index is 0. The summed E-state index contributed by atoms with van der Waals surface area (Å²) in [5.41, 5.74) is 0. The van der Waals surface area contributed by atoms with Crippen molar-refractivity contribution in [2.75, 3.05) is 6.54 Å². The third-order valence-electron chi connectivity index (χ3n) is 7.23. The molecule has 3 rings (SSSR count). The maximum absolute atomic E-state index is 5.77. The summed E-state index contributed by atoms with van der Waals surface area (Å²) in [6, 6.07) is 2.15. The fourth-order valence-electron chi connectivity index (χ4n) is 5.47. The molecule has 0 radical (unpaired) electrons. The van der Waals surface area contributed by atoms with E-state index in [1.54, 1.807) is 0 Å². The zero-order valence-corrected chi connectivity index (χ0v) is 23.6. The molecule has 0 aromatic rings. The first kappa shape index (κ1) is 43.9. The molecule has 0 amide bonds. The Balaban J connectivity index is -0.000000209. The highest BCUT2D eigenvalue weighted by molar-refractivity contribution is 4.72. The summed E-state index contributed by atoms with van der Waals surface area (Å²) in [7, 11) is 0. The first-order valence-corrected chi connectivity index (χ1v) is 15.0. The second kappa shape index (κ2) is 28.9. The number of hydrogen-bond acceptors (Lipinski definition) is 3. The van der Waals surface area contributed by atoms with Gasteiger partial charge >= 0.3 is 0 Å². The topological polar surface area (TPSA) is 33.3 Å². The van der Waals surface area contributed by atoms with E-state index >= 15 is 0 Å². The van der Waals surface area contributed by atoms with Crippen molar-refractivity contribution in [1.82, 2.24) is 10.6 Å². The van der Waals surface area contributed by atoms with Crippen LogP contribution in [0.2, 0.25) is 0 Å². The molecule has 0 aromatic heterocycles. The summed E-state index contributed by atoms with van der Waals surface area (Å²) < 4.78 is 5.77. The molecule has 37 heavy (non-hydrogen) atoms. The van der Waals surface area contributed by atoms with Crippen LogP contribution in [0, 0.1) is 5.92 Å². The lowest BCUT2D eigenvalue weighted by atomic mass is 9.89. The highest BCUT2D eigenvalue weighted by atomic mass is 16.5. The SMILES string of the molecule is C.C.C.C.CC(C)NC1CCCCCC1.CC(C)NCC1CCCCC1.CC(C)OC1CCCCCC1. The molecule has 3 saturated carbocycles. The molecular weight excluding hydrogens is 452 g/mol. The number of hydrogen-bond donors (Lipinski definition) is 2. The maximum Gasteiger partial charge on any atom is 0.0578 e. The minimum Gasteiger partial charge on any atom is -0.376 e. The monoisotopic (exact) mass is 531 g/mol. The fraction of sp³-hybridized carbons (Fsp3) is 1.00. The molecule has 0 unspecified atom stereocenters. The molecule has 0 spiro atoms. The molecule has 0 aliphatic heterocycles. The van der Waals surface area contributed by atoms with Crippen LogP contribution < -0.4 is 10.6 Å². The fourth-order valence-corrected chi connectivity index (χ4v) is 5.47. The van der Waals surface area contributed by atoms with Crippen molar-refractivity contribution in [3.63, 3.8) is 0 Å². The van der Waals surface area contributed by atoms with Crippen molar-refractivity contribution in [1.29, 1.82) is 0 Å². The van der Waals surface area contributed by atoms with Gasteiger partial charge in [-0.3, -0.25) is 0 Å². The average molecular weight is 531 g/mol. The molecule has 3 nitrogen and oxygen atoms in total. The maximum atomic E-state index is 5.77. The molecule has 0 bridgehead atoms. The van der Waals surface area contributed by atoms with Crippen LogP contribution in [-0.4, -0.2) is 36.9 Å². The Morgan fingerprint density at radius 3 is 1.35 bits per heavy atom. The highest BCUT2D eigenvalue weighted by Gasteiger charge is 2.14. The standard InChI is InChI=1S/2C10H21N.C10H20O.4CH4/c1-9(2)11-8-10-6-4-3-5-7-10;2*1-9(2)11-10-7-5-3-4-6-8-10;;;;/h2*9-11H,3-8H2,1-2H3;9-10H,3-8H2,1-2H3;4*1H4. The van der Waals surface area contributed by atoms with Gasteiger partial charge in [-0.15, -0.1) is 0 Å². The van der Waals surface area contributed by atoms with Crippen LogP contribution in [0.5, 0.6) is 0 Å². The Morgan fingerprint density at radius 1 is 0.541 bits per heavy atom. The molecule has 3 aliphatic rings. The zero-order valence-electron chi connectivity index (χ0n) is 23.6. The summed E-state index contributed by atoms with van der Waals surface area (Å²) >= 11 is 0. The zero-order chi connectivity index (χ0) is 24.3. The lowest BCUT2D eigenvalue weighted by Gasteiger charge is -2.22. The minimum atomic E-state index is 0. The molecule has 0 heterocycles. The second-order valence-corrected chi connectivity index (χ2v) is 11.9. The van der Waals surface area contributed by atoms with Gasteiger partial charge in [0.1, 0.15) is 0 Å². The lowest BCUT2D eigenvalue weighted by molar-refractivity contribution is 0.0000226. The van der Waals surface area contributed by atoms with Crippen molar-refractivity contribution in [2.24, 2.45) is 5.92 Å². The van der Waals surface area contributed by atoms with Crippen LogP contribution in [0.4, 0.5) is 0 Å². The van der Waals surface area contributed by atoms with E-state index in [2.05, 4.69) is 52.2 Å². The number of ether oxygens (including phenoxy) is 1.